The average molecular weight is 405 g/mol. The molecule has 0 spiro atoms. The summed E-state index contributed by atoms with van der Waals surface area (Å²) in [4.78, 5) is 19.3. The maximum Gasteiger partial charge on any atom is 0.296 e. The minimum absolute atomic E-state index is 0.0883. The quantitative estimate of drug-likeness (QED) is 0.598. The Morgan fingerprint density at radius 1 is 1.10 bits per heavy atom. The number of para-hydroxylation sites is 2. The van der Waals surface area contributed by atoms with Gasteiger partial charge in [0.05, 0.1) is 30.9 Å². The molecule has 3 aromatic rings. The van der Waals surface area contributed by atoms with Crippen LogP contribution in [0.4, 0.5) is 20.7 Å². The molecule has 0 atom stereocenters. The summed E-state index contributed by atoms with van der Waals surface area (Å²) < 4.78 is 39.2. The van der Waals surface area contributed by atoms with Crippen molar-refractivity contribution >= 4 is 22.9 Å². The number of alkyl halides is 2. The maximum absolute atomic E-state index is 13.7. The molecule has 0 aliphatic carbocycles. The number of imidazole rings is 1. The summed E-state index contributed by atoms with van der Waals surface area (Å²) in [5.74, 6) is 0.362. The summed E-state index contributed by atoms with van der Waals surface area (Å²) in [7, 11) is 1.59. The molecular formula is C18H21F2N7O2. The molecule has 2 aromatic heterocycles. The predicted molar refractivity (Wildman–Crippen MR) is 103 cm³/mol. The SMILES string of the molecule is COCCNc1nc(N2CCOCC2)nc(-n2c(C(F)F)nc3ccccc32)n1. The highest BCUT2D eigenvalue weighted by molar-refractivity contribution is 5.77. The van der Waals surface area contributed by atoms with Gasteiger partial charge in [-0.2, -0.15) is 15.0 Å². The number of aromatic nitrogens is 5. The number of methoxy groups -OCH3 is 1. The Bertz CT molecular complexity index is 976. The van der Waals surface area contributed by atoms with Crippen LogP contribution >= 0.6 is 0 Å². The molecule has 3 heterocycles. The van der Waals surface area contributed by atoms with Gasteiger partial charge in [-0.1, -0.05) is 12.1 Å². The molecule has 1 N–H and O–H groups in total. The number of ether oxygens (including phenoxy) is 2. The third kappa shape index (κ3) is 4.10. The van der Waals surface area contributed by atoms with E-state index in [1.807, 2.05) is 4.90 Å². The van der Waals surface area contributed by atoms with Gasteiger partial charge in [-0.25, -0.2) is 13.8 Å². The van der Waals surface area contributed by atoms with Crippen molar-refractivity contribution in [1.82, 2.24) is 24.5 Å². The van der Waals surface area contributed by atoms with E-state index in [0.29, 0.717) is 56.4 Å². The van der Waals surface area contributed by atoms with Crippen LogP contribution in [0.15, 0.2) is 24.3 Å². The summed E-state index contributed by atoms with van der Waals surface area (Å²) >= 11 is 0. The highest BCUT2D eigenvalue weighted by atomic mass is 19.3. The summed E-state index contributed by atoms with van der Waals surface area (Å²) in [6, 6.07) is 6.90. The number of halogens is 2. The highest BCUT2D eigenvalue weighted by Crippen LogP contribution is 2.27. The van der Waals surface area contributed by atoms with Gasteiger partial charge in [0.25, 0.3) is 6.43 Å². The van der Waals surface area contributed by atoms with E-state index >= 15 is 0 Å². The molecule has 1 aliphatic rings. The number of fused-ring (bicyclic) bond motifs is 1. The van der Waals surface area contributed by atoms with Crippen LogP contribution in [-0.2, 0) is 9.47 Å². The summed E-state index contributed by atoms with van der Waals surface area (Å²) in [5.41, 5.74) is 0.954. The Morgan fingerprint density at radius 3 is 2.62 bits per heavy atom. The van der Waals surface area contributed by atoms with Gasteiger partial charge in [0.15, 0.2) is 5.82 Å². The van der Waals surface area contributed by atoms with Crippen LogP contribution in [0.1, 0.15) is 12.2 Å². The standard InChI is InChI=1S/C18H21F2N7O2/c1-28-9-6-21-16-23-17(26-7-10-29-11-8-26)25-18(24-16)27-13-5-3-2-4-12(13)22-15(27)14(19)20/h2-5,14H,6-11H2,1H3,(H,21,23,24,25). The van der Waals surface area contributed by atoms with Gasteiger partial charge in [-0.15, -0.1) is 0 Å². The average Bonchev–Trinajstić information content (AvgIpc) is 3.14. The molecule has 1 aliphatic heterocycles. The van der Waals surface area contributed by atoms with Crippen molar-refractivity contribution < 1.29 is 18.3 Å². The van der Waals surface area contributed by atoms with Crippen molar-refractivity contribution in [2.45, 2.75) is 6.43 Å². The minimum atomic E-state index is -2.78. The van der Waals surface area contributed by atoms with Crippen molar-refractivity contribution in [1.29, 1.82) is 0 Å². The number of morpholine rings is 1. The molecule has 0 bridgehead atoms. The van der Waals surface area contributed by atoms with E-state index in [4.69, 9.17) is 9.47 Å². The van der Waals surface area contributed by atoms with E-state index in [9.17, 15) is 8.78 Å². The first-order valence-electron chi connectivity index (χ1n) is 9.25. The van der Waals surface area contributed by atoms with Crippen LogP contribution in [0.25, 0.3) is 17.0 Å². The van der Waals surface area contributed by atoms with Crippen molar-refractivity contribution in [2.75, 3.05) is 56.8 Å². The first-order chi connectivity index (χ1) is 14.2. The molecule has 0 radical (unpaired) electrons. The van der Waals surface area contributed by atoms with Crippen LogP contribution in [-0.4, -0.2) is 71.1 Å². The van der Waals surface area contributed by atoms with Crippen molar-refractivity contribution in [3.8, 4) is 5.95 Å². The van der Waals surface area contributed by atoms with Crippen LogP contribution in [0.2, 0.25) is 0 Å². The van der Waals surface area contributed by atoms with Crippen LogP contribution in [0.5, 0.6) is 0 Å². The molecule has 4 rings (SSSR count). The van der Waals surface area contributed by atoms with Crippen molar-refractivity contribution in [2.24, 2.45) is 0 Å². The maximum atomic E-state index is 13.7. The summed E-state index contributed by atoms with van der Waals surface area (Å²) in [6.45, 7) is 3.22. The third-order valence-electron chi connectivity index (χ3n) is 4.48. The van der Waals surface area contributed by atoms with Crippen LogP contribution in [0.3, 0.4) is 0 Å². The van der Waals surface area contributed by atoms with Gasteiger partial charge in [0, 0.05) is 26.7 Å². The summed E-state index contributed by atoms with van der Waals surface area (Å²) in [6.07, 6.45) is -2.78. The molecule has 0 amide bonds. The zero-order valence-electron chi connectivity index (χ0n) is 15.9. The zero-order chi connectivity index (χ0) is 20.2. The lowest BCUT2D eigenvalue weighted by molar-refractivity contribution is 0.122. The van der Waals surface area contributed by atoms with Gasteiger partial charge >= 0.3 is 0 Å². The number of nitrogens with one attached hydrogen (secondary N) is 1. The third-order valence-corrected chi connectivity index (χ3v) is 4.48. The molecule has 0 saturated carbocycles. The fraction of sp³-hybridized carbons (Fsp3) is 0.444. The fourth-order valence-electron chi connectivity index (χ4n) is 3.10. The topological polar surface area (TPSA) is 90.2 Å². The number of rotatable bonds is 7. The molecule has 9 nitrogen and oxygen atoms in total. The molecular weight excluding hydrogens is 384 g/mol. The molecule has 0 unspecified atom stereocenters. The van der Waals surface area contributed by atoms with E-state index in [-0.39, 0.29) is 11.9 Å². The number of nitrogens with zero attached hydrogens (tertiary/aromatic N) is 6. The zero-order valence-corrected chi connectivity index (χ0v) is 15.9. The van der Waals surface area contributed by atoms with E-state index < -0.39 is 12.2 Å². The number of hydrogen-bond donors (Lipinski definition) is 1. The van der Waals surface area contributed by atoms with E-state index in [2.05, 4.69) is 25.3 Å². The Hall–Kier alpha value is -2.92. The van der Waals surface area contributed by atoms with Crippen LogP contribution < -0.4 is 10.2 Å². The number of benzene rings is 1. The Kier molecular flexibility index (Phi) is 5.76. The molecule has 29 heavy (non-hydrogen) atoms. The van der Waals surface area contributed by atoms with E-state index in [1.54, 1.807) is 31.4 Å². The Balaban J connectivity index is 1.83. The molecule has 154 valence electrons. The lowest BCUT2D eigenvalue weighted by Gasteiger charge is -2.27. The number of anilines is 2. The Labute approximate surface area is 165 Å². The molecule has 1 saturated heterocycles. The fourth-order valence-corrected chi connectivity index (χ4v) is 3.10. The van der Waals surface area contributed by atoms with Gasteiger partial charge in [-0.3, -0.25) is 4.57 Å². The first-order valence-corrected chi connectivity index (χ1v) is 9.25. The Morgan fingerprint density at radius 2 is 1.86 bits per heavy atom. The molecule has 11 heteroatoms. The highest BCUT2D eigenvalue weighted by Gasteiger charge is 2.24. The van der Waals surface area contributed by atoms with Crippen molar-refractivity contribution in [3.63, 3.8) is 0 Å². The van der Waals surface area contributed by atoms with E-state index in [1.165, 1.54) is 4.57 Å². The second kappa shape index (κ2) is 8.62. The molecule has 1 fully saturated rings. The first kappa shape index (κ1) is 19.4. The largest absolute Gasteiger partial charge is 0.383 e. The predicted octanol–water partition coefficient (Wildman–Crippen LogP) is 2.04. The van der Waals surface area contributed by atoms with Gasteiger partial charge < -0.3 is 19.7 Å². The smallest absolute Gasteiger partial charge is 0.296 e. The lowest BCUT2D eigenvalue weighted by atomic mass is 10.3. The second-order valence-corrected chi connectivity index (χ2v) is 6.37. The second-order valence-electron chi connectivity index (χ2n) is 6.37. The monoisotopic (exact) mass is 405 g/mol. The van der Waals surface area contributed by atoms with Gasteiger partial charge in [0.1, 0.15) is 0 Å². The van der Waals surface area contributed by atoms with Crippen molar-refractivity contribution in [3.05, 3.63) is 30.1 Å². The minimum Gasteiger partial charge on any atom is -0.383 e. The number of hydrogen-bond acceptors (Lipinski definition) is 8. The van der Waals surface area contributed by atoms with E-state index in [0.717, 1.165) is 0 Å². The van der Waals surface area contributed by atoms with Gasteiger partial charge in [-0.05, 0) is 12.1 Å². The van der Waals surface area contributed by atoms with Crippen LogP contribution in [0, 0.1) is 0 Å². The molecule has 1 aromatic carbocycles. The normalized spacial score (nSPS) is 14.7. The van der Waals surface area contributed by atoms with Gasteiger partial charge in [0.2, 0.25) is 17.8 Å². The lowest BCUT2D eigenvalue weighted by Crippen LogP contribution is -2.37. The summed E-state index contributed by atoms with van der Waals surface area (Å²) in [5, 5.41) is 3.06.